The van der Waals surface area contributed by atoms with Gasteiger partial charge in [-0.1, -0.05) is 5.16 Å². The molecule has 0 amide bonds. The van der Waals surface area contributed by atoms with Crippen LogP contribution >= 0.6 is 15.9 Å². The van der Waals surface area contributed by atoms with Crippen LogP contribution in [0.3, 0.4) is 0 Å². The fraction of sp³-hybridized carbons (Fsp3) is 0.182. The summed E-state index contributed by atoms with van der Waals surface area (Å²) in [5.41, 5.74) is 6.27. The summed E-state index contributed by atoms with van der Waals surface area (Å²) < 4.78 is 16.3. The minimum Gasteiger partial charge on any atom is -0.495 e. The Kier molecular flexibility index (Phi) is 3.23. The Bertz CT molecular complexity index is 540. The molecule has 0 aliphatic carbocycles. The van der Waals surface area contributed by atoms with Gasteiger partial charge in [0.05, 0.1) is 19.8 Å². The van der Waals surface area contributed by atoms with Gasteiger partial charge in [0, 0.05) is 6.07 Å². The van der Waals surface area contributed by atoms with Crippen LogP contribution in [0.4, 0.5) is 5.82 Å². The molecule has 2 aromatic rings. The number of nitrogens with two attached hydrogens (primary N) is 1. The van der Waals surface area contributed by atoms with Crippen molar-refractivity contribution in [3.05, 3.63) is 22.7 Å². The zero-order valence-electron chi connectivity index (χ0n) is 9.36. The molecule has 0 unspecified atom stereocenters. The lowest BCUT2D eigenvalue weighted by molar-refractivity contribution is 0.387. The summed E-state index contributed by atoms with van der Waals surface area (Å²) in [5, 5.41) is 3.64. The SMILES string of the molecule is COc1ccc(-c2cc(N)no2)c(OC)c1Br. The number of benzene rings is 1. The van der Waals surface area contributed by atoms with E-state index in [1.165, 1.54) is 0 Å². The van der Waals surface area contributed by atoms with Gasteiger partial charge < -0.3 is 19.7 Å². The molecule has 0 aliphatic rings. The number of nitrogen functional groups attached to an aromatic ring is 1. The first-order valence-electron chi connectivity index (χ1n) is 4.80. The van der Waals surface area contributed by atoms with E-state index in [0.29, 0.717) is 23.1 Å². The Morgan fingerprint density at radius 3 is 2.59 bits per heavy atom. The molecule has 17 heavy (non-hydrogen) atoms. The van der Waals surface area contributed by atoms with E-state index < -0.39 is 0 Å². The minimum absolute atomic E-state index is 0.328. The molecule has 1 heterocycles. The van der Waals surface area contributed by atoms with E-state index in [-0.39, 0.29) is 0 Å². The first-order chi connectivity index (χ1) is 8.17. The van der Waals surface area contributed by atoms with Gasteiger partial charge in [0.1, 0.15) is 16.0 Å². The Morgan fingerprint density at radius 1 is 1.29 bits per heavy atom. The predicted octanol–water partition coefficient (Wildman–Crippen LogP) is 2.70. The van der Waals surface area contributed by atoms with E-state index >= 15 is 0 Å². The van der Waals surface area contributed by atoms with Crippen LogP contribution in [-0.2, 0) is 0 Å². The van der Waals surface area contributed by atoms with Gasteiger partial charge in [-0.05, 0) is 28.1 Å². The Morgan fingerprint density at radius 2 is 2.06 bits per heavy atom. The summed E-state index contributed by atoms with van der Waals surface area (Å²) >= 11 is 3.41. The average Bonchev–Trinajstić information content (AvgIpc) is 2.75. The zero-order chi connectivity index (χ0) is 12.4. The molecule has 0 atom stereocenters. The third-order valence-corrected chi connectivity index (χ3v) is 3.03. The highest BCUT2D eigenvalue weighted by atomic mass is 79.9. The molecular formula is C11H11BrN2O3. The van der Waals surface area contributed by atoms with E-state index in [2.05, 4.69) is 21.1 Å². The Hall–Kier alpha value is -1.69. The minimum atomic E-state index is 0.328. The molecule has 0 saturated carbocycles. The third-order valence-electron chi connectivity index (χ3n) is 2.28. The molecule has 0 spiro atoms. The van der Waals surface area contributed by atoms with Crippen LogP contribution < -0.4 is 15.2 Å². The number of ether oxygens (including phenoxy) is 2. The van der Waals surface area contributed by atoms with Crippen molar-refractivity contribution < 1.29 is 14.0 Å². The molecule has 0 aliphatic heterocycles. The van der Waals surface area contributed by atoms with Crippen molar-refractivity contribution in [1.29, 1.82) is 0 Å². The van der Waals surface area contributed by atoms with Crippen LogP contribution in [0, 0.1) is 0 Å². The number of halogens is 1. The van der Waals surface area contributed by atoms with Crippen molar-refractivity contribution in [3.63, 3.8) is 0 Å². The number of hydrogen-bond donors (Lipinski definition) is 1. The number of hydrogen-bond acceptors (Lipinski definition) is 5. The van der Waals surface area contributed by atoms with Crippen LogP contribution in [0.1, 0.15) is 0 Å². The van der Waals surface area contributed by atoms with Crippen molar-refractivity contribution in [1.82, 2.24) is 5.16 Å². The third kappa shape index (κ3) is 2.08. The lowest BCUT2D eigenvalue weighted by atomic mass is 10.1. The molecule has 6 heteroatoms. The monoisotopic (exact) mass is 298 g/mol. The fourth-order valence-corrected chi connectivity index (χ4v) is 2.17. The van der Waals surface area contributed by atoms with Gasteiger partial charge >= 0.3 is 0 Å². The van der Waals surface area contributed by atoms with E-state index in [4.69, 9.17) is 19.7 Å². The predicted molar refractivity (Wildman–Crippen MR) is 67.2 cm³/mol. The normalized spacial score (nSPS) is 10.3. The molecule has 2 rings (SSSR count). The van der Waals surface area contributed by atoms with Crippen LogP contribution in [0.25, 0.3) is 11.3 Å². The highest BCUT2D eigenvalue weighted by Crippen LogP contribution is 2.42. The molecule has 0 radical (unpaired) electrons. The maximum absolute atomic E-state index is 5.52. The number of anilines is 1. The molecule has 0 saturated heterocycles. The van der Waals surface area contributed by atoms with Gasteiger partial charge in [0.25, 0.3) is 0 Å². The molecule has 5 nitrogen and oxygen atoms in total. The van der Waals surface area contributed by atoms with Gasteiger partial charge in [-0.3, -0.25) is 0 Å². The van der Waals surface area contributed by atoms with Crippen LogP contribution in [-0.4, -0.2) is 19.4 Å². The molecule has 0 fully saturated rings. The zero-order valence-corrected chi connectivity index (χ0v) is 10.9. The summed E-state index contributed by atoms with van der Waals surface area (Å²) in [6.45, 7) is 0. The molecule has 1 aromatic carbocycles. The van der Waals surface area contributed by atoms with Crippen LogP contribution in [0.15, 0.2) is 27.2 Å². The number of rotatable bonds is 3. The van der Waals surface area contributed by atoms with E-state index in [1.54, 1.807) is 26.4 Å². The molecular weight excluding hydrogens is 288 g/mol. The highest BCUT2D eigenvalue weighted by Gasteiger charge is 2.17. The van der Waals surface area contributed by atoms with Crippen molar-refractivity contribution >= 4 is 21.7 Å². The van der Waals surface area contributed by atoms with E-state index in [9.17, 15) is 0 Å². The van der Waals surface area contributed by atoms with Crippen molar-refractivity contribution in [2.45, 2.75) is 0 Å². The smallest absolute Gasteiger partial charge is 0.172 e. The molecule has 90 valence electrons. The fourth-order valence-electron chi connectivity index (χ4n) is 1.51. The van der Waals surface area contributed by atoms with Gasteiger partial charge in [0.2, 0.25) is 0 Å². The standard InChI is InChI=1S/C11H11BrN2O3/c1-15-7-4-3-6(11(16-2)10(7)12)8-5-9(13)14-17-8/h3-5H,1-2H3,(H2,13,14). The largest absolute Gasteiger partial charge is 0.495 e. The van der Waals surface area contributed by atoms with E-state index in [1.807, 2.05) is 6.07 Å². The summed E-state index contributed by atoms with van der Waals surface area (Å²) in [6, 6.07) is 5.26. The number of methoxy groups -OCH3 is 2. The summed E-state index contributed by atoms with van der Waals surface area (Å²) in [4.78, 5) is 0. The summed E-state index contributed by atoms with van der Waals surface area (Å²) in [7, 11) is 3.16. The average molecular weight is 299 g/mol. The molecule has 2 N–H and O–H groups in total. The van der Waals surface area contributed by atoms with Crippen molar-refractivity contribution in [2.75, 3.05) is 20.0 Å². The number of aromatic nitrogens is 1. The Labute approximate surface area is 107 Å². The summed E-state index contributed by atoms with van der Waals surface area (Å²) in [5.74, 6) is 2.16. The second kappa shape index (κ2) is 4.67. The van der Waals surface area contributed by atoms with Gasteiger partial charge in [-0.25, -0.2) is 0 Å². The summed E-state index contributed by atoms with van der Waals surface area (Å²) in [6.07, 6.45) is 0. The van der Waals surface area contributed by atoms with Gasteiger partial charge in [0.15, 0.2) is 11.6 Å². The van der Waals surface area contributed by atoms with Crippen LogP contribution in [0.2, 0.25) is 0 Å². The Balaban J connectivity index is 2.58. The quantitative estimate of drug-likeness (QED) is 0.943. The number of nitrogens with zero attached hydrogens (tertiary/aromatic N) is 1. The van der Waals surface area contributed by atoms with Crippen molar-refractivity contribution in [3.8, 4) is 22.8 Å². The maximum atomic E-state index is 5.52. The first-order valence-corrected chi connectivity index (χ1v) is 5.59. The molecule has 1 aromatic heterocycles. The lowest BCUT2D eigenvalue weighted by Gasteiger charge is -2.11. The van der Waals surface area contributed by atoms with Gasteiger partial charge in [-0.15, -0.1) is 0 Å². The van der Waals surface area contributed by atoms with Crippen LogP contribution in [0.5, 0.6) is 11.5 Å². The van der Waals surface area contributed by atoms with Gasteiger partial charge in [-0.2, -0.15) is 0 Å². The highest BCUT2D eigenvalue weighted by molar-refractivity contribution is 9.10. The van der Waals surface area contributed by atoms with E-state index in [0.717, 1.165) is 10.0 Å². The van der Waals surface area contributed by atoms with Crippen molar-refractivity contribution in [2.24, 2.45) is 0 Å². The maximum Gasteiger partial charge on any atom is 0.172 e. The second-order valence-corrected chi connectivity index (χ2v) is 4.07. The first kappa shape index (κ1) is 11.8. The molecule has 0 bridgehead atoms. The second-order valence-electron chi connectivity index (χ2n) is 3.28. The topological polar surface area (TPSA) is 70.5 Å². The lowest BCUT2D eigenvalue weighted by Crippen LogP contribution is -1.92.